The topological polar surface area (TPSA) is 70.8 Å². The molecule has 0 aromatic carbocycles. The summed E-state index contributed by atoms with van der Waals surface area (Å²) in [5, 5.41) is 14.4. The third-order valence-corrected chi connectivity index (χ3v) is 5.62. The zero-order chi connectivity index (χ0) is 18.0. The summed E-state index contributed by atoms with van der Waals surface area (Å²) in [5.41, 5.74) is 3.35. The number of amides is 1. The van der Waals surface area contributed by atoms with Gasteiger partial charge in [-0.15, -0.1) is 0 Å². The second kappa shape index (κ2) is 7.85. The monoisotopic (exact) mass is 350 g/mol. The van der Waals surface area contributed by atoms with Crippen molar-refractivity contribution >= 4 is 5.91 Å². The number of aliphatic hydroxyl groups is 1. The number of carbonyl (C=O) groups is 1. The third kappa shape index (κ3) is 4.04. The molecule has 1 aromatic heterocycles. The van der Waals surface area contributed by atoms with Crippen molar-refractivity contribution in [2.45, 2.75) is 45.3 Å². The highest BCUT2D eigenvalue weighted by molar-refractivity contribution is 5.76. The van der Waals surface area contributed by atoms with Gasteiger partial charge in [0.1, 0.15) is 0 Å². The molecular weight excluding hydrogens is 320 g/mol. The summed E-state index contributed by atoms with van der Waals surface area (Å²) in [6.07, 6.45) is 1.82. The van der Waals surface area contributed by atoms with E-state index < -0.39 is 6.10 Å². The van der Waals surface area contributed by atoms with Gasteiger partial charge in [-0.1, -0.05) is 0 Å². The van der Waals surface area contributed by atoms with E-state index in [1.54, 1.807) is 0 Å². The Morgan fingerprint density at radius 2 is 2.04 bits per heavy atom. The van der Waals surface area contributed by atoms with Crippen LogP contribution in [0.3, 0.4) is 0 Å². The summed E-state index contributed by atoms with van der Waals surface area (Å²) in [7, 11) is 1.94. The standard InChI is InChI=1S/C18H30N4O3/c1-13-15(14(2)20(3)19-13)5-6-18(24)22-8-4-7-21(9-10-22)16-11-25-12-17(16)23/h16-17,23H,4-12H2,1-3H3/t16-,17-/m0/s1. The van der Waals surface area contributed by atoms with E-state index in [0.717, 1.165) is 50.4 Å². The van der Waals surface area contributed by atoms with Gasteiger partial charge < -0.3 is 14.7 Å². The van der Waals surface area contributed by atoms with Gasteiger partial charge in [0.15, 0.2) is 0 Å². The van der Waals surface area contributed by atoms with Crippen LogP contribution in [0.2, 0.25) is 0 Å². The summed E-state index contributed by atoms with van der Waals surface area (Å²) >= 11 is 0. The lowest BCUT2D eigenvalue weighted by atomic mass is 10.1. The fourth-order valence-electron chi connectivity index (χ4n) is 3.97. The van der Waals surface area contributed by atoms with E-state index in [1.807, 2.05) is 23.6 Å². The van der Waals surface area contributed by atoms with E-state index >= 15 is 0 Å². The second-order valence-electron chi connectivity index (χ2n) is 7.22. The van der Waals surface area contributed by atoms with Crippen molar-refractivity contribution in [3.05, 3.63) is 17.0 Å². The summed E-state index contributed by atoms with van der Waals surface area (Å²) in [6.45, 7) is 8.32. The molecule has 3 rings (SSSR count). The maximum absolute atomic E-state index is 12.7. The molecule has 0 saturated carbocycles. The molecule has 1 aromatic rings. The minimum atomic E-state index is -0.404. The Kier molecular flexibility index (Phi) is 5.76. The normalized spacial score (nSPS) is 25.4. The van der Waals surface area contributed by atoms with Gasteiger partial charge in [-0.3, -0.25) is 14.4 Å². The van der Waals surface area contributed by atoms with Crippen LogP contribution in [0.1, 0.15) is 29.8 Å². The van der Waals surface area contributed by atoms with E-state index in [0.29, 0.717) is 19.6 Å². The fraction of sp³-hybridized carbons (Fsp3) is 0.778. The number of rotatable bonds is 4. The maximum Gasteiger partial charge on any atom is 0.222 e. The average molecular weight is 350 g/mol. The number of ether oxygens (including phenoxy) is 1. The van der Waals surface area contributed by atoms with Gasteiger partial charge in [0.05, 0.1) is 31.1 Å². The molecule has 3 heterocycles. The van der Waals surface area contributed by atoms with Crippen LogP contribution in [-0.4, -0.2) is 82.1 Å². The molecule has 1 amide bonds. The minimum Gasteiger partial charge on any atom is -0.389 e. The number of aliphatic hydroxyl groups excluding tert-OH is 1. The first-order valence-corrected chi connectivity index (χ1v) is 9.24. The van der Waals surface area contributed by atoms with Crippen molar-refractivity contribution in [3.8, 4) is 0 Å². The Hall–Kier alpha value is -1.44. The average Bonchev–Trinajstić information content (AvgIpc) is 2.99. The highest BCUT2D eigenvalue weighted by Gasteiger charge is 2.33. The van der Waals surface area contributed by atoms with E-state index in [4.69, 9.17) is 4.74 Å². The molecule has 2 aliphatic rings. The predicted octanol–water partition coefficient (Wildman–Crippen LogP) is 0.264. The van der Waals surface area contributed by atoms with Crippen LogP contribution in [0.15, 0.2) is 0 Å². The Labute approximate surface area is 149 Å². The molecule has 0 spiro atoms. The fourth-order valence-corrected chi connectivity index (χ4v) is 3.97. The number of aryl methyl sites for hydroxylation is 2. The molecule has 25 heavy (non-hydrogen) atoms. The van der Waals surface area contributed by atoms with Crippen LogP contribution in [0, 0.1) is 13.8 Å². The van der Waals surface area contributed by atoms with Crippen molar-refractivity contribution in [2.75, 3.05) is 39.4 Å². The first kappa shape index (κ1) is 18.4. The zero-order valence-corrected chi connectivity index (χ0v) is 15.6. The first-order chi connectivity index (χ1) is 12.0. The quantitative estimate of drug-likeness (QED) is 0.844. The van der Waals surface area contributed by atoms with E-state index in [2.05, 4.69) is 16.9 Å². The molecule has 2 fully saturated rings. The van der Waals surface area contributed by atoms with Gasteiger partial charge in [0.2, 0.25) is 5.91 Å². The molecule has 7 nitrogen and oxygen atoms in total. The smallest absolute Gasteiger partial charge is 0.222 e. The summed E-state index contributed by atoms with van der Waals surface area (Å²) in [4.78, 5) is 16.9. The predicted molar refractivity (Wildman–Crippen MR) is 94.4 cm³/mol. The Morgan fingerprint density at radius 1 is 1.24 bits per heavy atom. The van der Waals surface area contributed by atoms with E-state index in [9.17, 15) is 9.90 Å². The molecule has 0 aliphatic carbocycles. The number of hydrogen-bond acceptors (Lipinski definition) is 5. The third-order valence-electron chi connectivity index (χ3n) is 5.62. The van der Waals surface area contributed by atoms with Crippen LogP contribution in [0.4, 0.5) is 0 Å². The second-order valence-corrected chi connectivity index (χ2v) is 7.22. The molecule has 0 radical (unpaired) electrons. The SMILES string of the molecule is Cc1nn(C)c(C)c1CCC(=O)N1CCCN([C@H]2COC[C@@H]2O)CC1. The van der Waals surface area contributed by atoms with Gasteiger partial charge in [0, 0.05) is 45.3 Å². The molecule has 2 saturated heterocycles. The molecule has 140 valence electrons. The summed E-state index contributed by atoms with van der Waals surface area (Å²) < 4.78 is 7.25. The van der Waals surface area contributed by atoms with Gasteiger partial charge in [0.25, 0.3) is 0 Å². The molecule has 0 bridgehead atoms. The Bertz CT molecular complexity index is 616. The lowest BCUT2D eigenvalue weighted by Crippen LogP contribution is -2.45. The van der Waals surface area contributed by atoms with Crippen molar-refractivity contribution in [3.63, 3.8) is 0 Å². The van der Waals surface area contributed by atoms with Crippen LogP contribution < -0.4 is 0 Å². The van der Waals surface area contributed by atoms with Gasteiger partial charge in [-0.2, -0.15) is 5.10 Å². The van der Waals surface area contributed by atoms with Gasteiger partial charge in [-0.05, 0) is 32.3 Å². The van der Waals surface area contributed by atoms with Crippen LogP contribution in [-0.2, 0) is 23.0 Å². The number of carbonyl (C=O) groups excluding carboxylic acids is 1. The summed E-state index contributed by atoms with van der Waals surface area (Å²) in [5.74, 6) is 0.215. The summed E-state index contributed by atoms with van der Waals surface area (Å²) in [6, 6.07) is 0.0794. The van der Waals surface area contributed by atoms with E-state index in [-0.39, 0.29) is 11.9 Å². The lowest BCUT2D eigenvalue weighted by Gasteiger charge is -2.28. The van der Waals surface area contributed by atoms with Crippen molar-refractivity contribution in [1.82, 2.24) is 19.6 Å². The number of hydrogen-bond donors (Lipinski definition) is 1. The molecular formula is C18H30N4O3. The van der Waals surface area contributed by atoms with Gasteiger partial charge >= 0.3 is 0 Å². The lowest BCUT2D eigenvalue weighted by molar-refractivity contribution is -0.131. The molecule has 2 atom stereocenters. The Morgan fingerprint density at radius 3 is 2.68 bits per heavy atom. The number of aromatic nitrogens is 2. The minimum absolute atomic E-state index is 0.0794. The van der Waals surface area contributed by atoms with Crippen molar-refractivity contribution in [2.24, 2.45) is 7.05 Å². The largest absolute Gasteiger partial charge is 0.389 e. The highest BCUT2D eigenvalue weighted by atomic mass is 16.5. The number of nitrogens with zero attached hydrogens (tertiary/aromatic N) is 4. The van der Waals surface area contributed by atoms with Crippen molar-refractivity contribution < 1.29 is 14.6 Å². The first-order valence-electron chi connectivity index (χ1n) is 9.24. The zero-order valence-electron chi connectivity index (χ0n) is 15.6. The molecule has 1 N–H and O–H groups in total. The molecule has 2 aliphatic heterocycles. The highest BCUT2D eigenvalue weighted by Crippen LogP contribution is 2.18. The van der Waals surface area contributed by atoms with Crippen LogP contribution in [0.5, 0.6) is 0 Å². The molecule has 7 heteroatoms. The van der Waals surface area contributed by atoms with Crippen LogP contribution in [0.25, 0.3) is 0 Å². The molecule has 0 unspecified atom stereocenters. The van der Waals surface area contributed by atoms with Crippen LogP contribution >= 0.6 is 0 Å². The van der Waals surface area contributed by atoms with E-state index in [1.165, 1.54) is 5.56 Å². The van der Waals surface area contributed by atoms with Gasteiger partial charge in [-0.25, -0.2) is 0 Å². The maximum atomic E-state index is 12.7. The van der Waals surface area contributed by atoms with Crippen molar-refractivity contribution in [1.29, 1.82) is 0 Å². The Balaban J connectivity index is 1.52.